The predicted octanol–water partition coefficient (Wildman–Crippen LogP) is 1.96. The third-order valence-electron chi connectivity index (χ3n) is 1.86. The van der Waals surface area contributed by atoms with E-state index in [4.69, 9.17) is 5.73 Å². The number of nitrogen functional groups attached to an aromatic ring is 1. The maximum atomic E-state index is 11.8. The lowest BCUT2D eigenvalue weighted by Crippen LogP contribution is -2.02. The summed E-state index contributed by atoms with van der Waals surface area (Å²) >= 11 is 1.32. The number of aromatic nitrogens is 1. The van der Waals surface area contributed by atoms with Crippen LogP contribution in [0.15, 0.2) is 36.0 Å². The highest BCUT2D eigenvalue weighted by atomic mass is 32.1. The minimum Gasteiger partial charge on any atom is -0.398 e. The number of hydrogen-bond donors (Lipinski definition) is 1. The van der Waals surface area contributed by atoms with Gasteiger partial charge in [-0.2, -0.15) is 0 Å². The van der Waals surface area contributed by atoms with E-state index >= 15 is 0 Å². The van der Waals surface area contributed by atoms with E-state index in [2.05, 4.69) is 4.98 Å². The van der Waals surface area contributed by atoms with E-state index in [1.54, 1.807) is 36.0 Å². The quantitative estimate of drug-likeness (QED) is 0.601. The van der Waals surface area contributed by atoms with Gasteiger partial charge in [-0.15, -0.1) is 11.3 Å². The van der Waals surface area contributed by atoms with Crippen molar-refractivity contribution < 1.29 is 4.79 Å². The standard InChI is InChI=1S/C10H8N2OS/c11-8-4-2-1-3-7(8)10(13)9-5-12-6-14-9/h1-6H,11H2. The molecule has 0 saturated carbocycles. The molecule has 0 bridgehead atoms. The number of benzene rings is 1. The summed E-state index contributed by atoms with van der Waals surface area (Å²) < 4.78 is 0. The van der Waals surface area contributed by atoms with Gasteiger partial charge in [0.25, 0.3) is 0 Å². The smallest absolute Gasteiger partial charge is 0.206 e. The number of hydrogen-bond acceptors (Lipinski definition) is 4. The van der Waals surface area contributed by atoms with Crippen molar-refractivity contribution >= 4 is 22.8 Å². The highest BCUT2D eigenvalue weighted by Crippen LogP contribution is 2.17. The molecule has 0 atom stereocenters. The molecule has 14 heavy (non-hydrogen) atoms. The third-order valence-corrected chi connectivity index (χ3v) is 2.63. The monoisotopic (exact) mass is 204 g/mol. The minimum atomic E-state index is -0.0643. The first-order valence-corrected chi connectivity index (χ1v) is 4.94. The van der Waals surface area contributed by atoms with E-state index in [-0.39, 0.29) is 5.78 Å². The van der Waals surface area contributed by atoms with E-state index in [1.165, 1.54) is 11.3 Å². The molecule has 0 aliphatic rings. The summed E-state index contributed by atoms with van der Waals surface area (Å²) in [5, 5.41) is 0. The summed E-state index contributed by atoms with van der Waals surface area (Å²) in [5.41, 5.74) is 8.37. The maximum Gasteiger partial charge on any atom is 0.206 e. The van der Waals surface area contributed by atoms with Gasteiger partial charge in [0.15, 0.2) is 0 Å². The van der Waals surface area contributed by atoms with Crippen LogP contribution in [0.1, 0.15) is 15.2 Å². The molecule has 0 amide bonds. The van der Waals surface area contributed by atoms with E-state index in [9.17, 15) is 4.79 Å². The van der Waals surface area contributed by atoms with Gasteiger partial charge in [-0.1, -0.05) is 12.1 Å². The zero-order chi connectivity index (χ0) is 9.97. The Balaban J connectivity index is 2.42. The molecule has 3 nitrogen and oxygen atoms in total. The number of thiazole rings is 1. The molecule has 0 saturated heterocycles. The van der Waals surface area contributed by atoms with Crippen LogP contribution in [0.5, 0.6) is 0 Å². The highest BCUT2D eigenvalue weighted by molar-refractivity contribution is 7.11. The van der Waals surface area contributed by atoms with Gasteiger partial charge in [0.05, 0.1) is 10.4 Å². The number of para-hydroxylation sites is 1. The van der Waals surface area contributed by atoms with Crippen molar-refractivity contribution in [2.24, 2.45) is 0 Å². The molecular formula is C10H8N2OS. The van der Waals surface area contributed by atoms with Crippen molar-refractivity contribution in [3.05, 3.63) is 46.4 Å². The second-order valence-corrected chi connectivity index (χ2v) is 3.67. The van der Waals surface area contributed by atoms with Gasteiger partial charge in [-0.3, -0.25) is 9.78 Å². The summed E-state index contributed by atoms with van der Waals surface area (Å²) in [6.45, 7) is 0. The van der Waals surface area contributed by atoms with Crippen molar-refractivity contribution in [1.29, 1.82) is 0 Å². The first-order valence-electron chi connectivity index (χ1n) is 4.07. The topological polar surface area (TPSA) is 56.0 Å². The fourth-order valence-electron chi connectivity index (χ4n) is 1.16. The summed E-state index contributed by atoms with van der Waals surface area (Å²) in [6.07, 6.45) is 1.56. The first-order chi connectivity index (χ1) is 6.79. The van der Waals surface area contributed by atoms with E-state index in [0.717, 1.165) is 0 Å². The number of ketones is 1. The molecular weight excluding hydrogens is 196 g/mol. The fourth-order valence-corrected chi connectivity index (χ4v) is 1.74. The third kappa shape index (κ3) is 1.52. The molecule has 0 unspecified atom stereocenters. The summed E-state index contributed by atoms with van der Waals surface area (Å²) in [4.78, 5) is 16.3. The summed E-state index contributed by atoms with van der Waals surface area (Å²) in [5.74, 6) is -0.0643. The number of nitrogens with zero attached hydrogens (tertiary/aromatic N) is 1. The predicted molar refractivity (Wildman–Crippen MR) is 56.4 cm³/mol. The molecule has 4 heteroatoms. The van der Waals surface area contributed by atoms with Crippen LogP contribution in [0, 0.1) is 0 Å². The van der Waals surface area contributed by atoms with Gasteiger partial charge in [0.2, 0.25) is 5.78 Å². The van der Waals surface area contributed by atoms with Crippen LogP contribution in [0.2, 0.25) is 0 Å². The van der Waals surface area contributed by atoms with Crippen LogP contribution in [-0.2, 0) is 0 Å². The molecule has 2 rings (SSSR count). The Bertz CT molecular complexity index is 451. The van der Waals surface area contributed by atoms with Gasteiger partial charge in [0.1, 0.15) is 0 Å². The van der Waals surface area contributed by atoms with E-state index in [0.29, 0.717) is 16.1 Å². The lowest BCUT2D eigenvalue weighted by atomic mass is 10.1. The van der Waals surface area contributed by atoms with Crippen LogP contribution in [-0.4, -0.2) is 10.8 Å². The molecule has 0 fully saturated rings. The molecule has 0 aliphatic carbocycles. The fraction of sp³-hybridized carbons (Fsp3) is 0. The van der Waals surface area contributed by atoms with Crippen LogP contribution in [0.3, 0.4) is 0 Å². The molecule has 70 valence electrons. The van der Waals surface area contributed by atoms with Gasteiger partial charge in [-0.25, -0.2) is 0 Å². The molecule has 2 aromatic rings. The Morgan fingerprint density at radius 2 is 2.14 bits per heavy atom. The first kappa shape index (κ1) is 8.90. The van der Waals surface area contributed by atoms with Crippen molar-refractivity contribution in [2.75, 3.05) is 5.73 Å². The second kappa shape index (κ2) is 3.59. The van der Waals surface area contributed by atoms with Gasteiger partial charge in [-0.05, 0) is 12.1 Å². The molecule has 1 aromatic carbocycles. The SMILES string of the molecule is Nc1ccccc1C(=O)c1cncs1. The average Bonchev–Trinajstić information content (AvgIpc) is 2.70. The molecule has 0 spiro atoms. The van der Waals surface area contributed by atoms with Crippen LogP contribution >= 0.6 is 11.3 Å². The number of carbonyl (C=O) groups excluding carboxylic acids is 1. The van der Waals surface area contributed by atoms with Crippen molar-refractivity contribution in [3.8, 4) is 0 Å². The molecule has 2 N–H and O–H groups in total. The van der Waals surface area contributed by atoms with Crippen molar-refractivity contribution in [1.82, 2.24) is 4.98 Å². The molecule has 1 aromatic heterocycles. The maximum absolute atomic E-state index is 11.8. The number of nitrogens with two attached hydrogens (primary N) is 1. The Morgan fingerprint density at radius 3 is 2.79 bits per heavy atom. The summed E-state index contributed by atoms with van der Waals surface area (Å²) in [6, 6.07) is 7.04. The number of rotatable bonds is 2. The van der Waals surface area contributed by atoms with Crippen LogP contribution < -0.4 is 5.73 Å². The van der Waals surface area contributed by atoms with Gasteiger partial charge < -0.3 is 5.73 Å². The Hall–Kier alpha value is -1.68. The minimum absolute atomic E-state index is 0.0643. The number of carbonyl (C=O) groups is 1. The lowest BCUT2D eigenvalue weighted by molar-refractivity contribution is 0.104. The highest BCUT2D eigenvalue weighted by Gasteiger charge is 2.12. The average molecular weight is 204 g/mol. The molecule has 0 aliphatic heterocycles. The van der Waals surface area contributed by atoms with Crippen molar-refractivity contribution in [2.45, 2.75) is 0 Å². The van der Waals surface area contributed by atoms with Crippen molar-refractivity contribution in [3.63, 3.8) is 0 Å². The Kier molecular flexibility index (Phi) is 2.28. The van der Waals surface area contributed by atoms with Gasteiger partial charge >= 0.3 is 0 Å². The second-order valence-electron chi connectivity index (χ2n) is 2.78. The normalized spacial score (nSPS) is 10.0. The largest absolute Gasteiger partial charge is 0.398 e. The lowest BCUT2D eigenvalue weighted by Gasteiger charge is -2.00. The zero-order valence-corrected chi connectivity index (χ0v) is 8.12. The zero-order valence-electron chi connectivity index (χ0n) is 7.31. The van der Waals surface area contributed by atoms with Crippen LogP contribution in [0.25, 0.3) is 0 Å². The Labute approximate surface area is 85.2 Å². The van der Waals surface area contributed by atoms with E-state index in [1.807, 2.05) is 0 Å². The Morgan fingerprint density at radius 1 is 1.36 bits per heavy atom. The van der Waals surface area contributed by atoms with E-state index < -0.39 is 0 Å². The van der Waals surface area contributed by atoms with Crippen LogP contribution in [0.4, 0.5) is 5.69 Å². The van der Waals surface area contributed by atoms with Gasteiger partial charge in [0, 0.05) is 17.4 Å². The number of anilines is 1. The molecule has 1 heterocycles. The summed E-state index contributed by atoms with van der Waals surface area (Å²) in [7, 11) is 0. The molecule has 0 radical (unpaired) electrons.